The number of nitrogens with one attached hydrogen (secondary N) is 2. The number of amides is 1. The minimum absolute atomic E-state index is 0.0612. The monoisotopic (exact) mass is 419 g/mol. The van der Waals surface area contributed by atoms with Crippen molar-refractivity contribution in [3.8, 4) is 0 Å². The summed E-state index contributed by atoms with van der Waals surface area (Å²) in [5.74, 6) is 1.40. The van der Waals surface area contributed by atoms with Crippen LogP contribution >= 0.6 is 0 Å². The number of aliphatic imine (C=N–C) groups is 1. The molecular weight excluding hydrogens is 386 g/mol. The van der Waals surface area contributed by atoms with E-state index >= 15 is 0 Å². The molecule has 2 aliphatic rings. The van der Waals surface area contributed by atoms with Crippen molar-refractivity contribution in [3.63, 3.8) is 0 Å². The number of carbonyl (C=O) groups excluding carboxylic acids is 1. The maximum atomic E-state index is 12.3. The second-order valence-electron chi connectivity index (χ2n) is 8.48. The molecule has 6 heteroatoms. The first-order valence-electron chi connectivity index (χ1n) is 11.3. The smallest absolute Gasteiger partial charge is 0.243 e. The van der Waals surface area contributed by atoms with E-state index in [2.05, 4.69) is 55.8 Å². The SMILES string of the molecule is CN=C(NCC(=O)Nc1ccccc1)N1CCC2C(CCCN2Cc2ccccc2)C1. The summed E-state index contributed by atoms with van der Waals surface area (Å²) in [6.45, 7) is 4.39. The number of likely N-dealkylation sites (tertiary alicyclic amines) is 2. The van der Waals surface area contributed by atoms with Crippen molar-refractivity contribution in [2.24, 2.45) is 10.9 Å². The standard InChI is InChI=1S/C25H33N5O/c1-26-25(27-17-24(31)28-22-12-6-3-7-13-22)30-16-14-23-21(19-30)11-8-15-29(23)18-20-9-4-2-5-10-20/h2-7,9-10,12-13,21,23H,8,11,14-19H2,1H3,(H,26,27)(H,28,31). The Morgan fingerprint density at radius 2 is 1.77 bits per heavy atom. The lowest BCUT2D eigenvalue weighted by atomic mass is 9.83. The molecule has 2 aliphatic heterocycles. The molecule has 164 valence electrons. The van der Waals surface area contributed by atoms with Crippen LogP contribution in [0.25, 0.3) is 0 Å². The van der Waals surface area contributed by atoms with E-state index in [4.69, 9.17) is 0 Å². The van der Waals surface area contributed by atoms with Gasteiger partial charge < -0.3 is 15.5 Å². The molecule has 6 nitrogen and oxygen atoms in total. The second-order valence-corrected chi connectivity index (χ2v) is 8.48. The lowest BCUT2D eigenvalue weighted by molar-refractivity contribution is -0.115. The number of rotatable bonds is 5. The van der Waals surface area contributed by atoms with Crippen molar-refractivity contribution in [1.29, 1.82) is 0 Å². The van der Waals surface area contributed by atoms with Crippen molar-refractivity contribution >= 4 is 17.6 Å². The van der Waals surface area contributed by atoms with Crippen molar-refractivity contribution < 1.29 is 4.79 Å². The summed E-state index contributed by atoms with van der Waals surface area (Å²) in [6, 6.07) is 21.0. The predicted octanol–water partition coefficient (Wildman–Crippen LogP) is 3.19. The van der Waals surface area contributed by atoms with Crippen molar-refractivity contribution in [3.05, 3.63) is 66.2 Å². The van der Waals surface area contributed by atoms with Gasteiger partial charge in [0.1, 0.15) is 0 Å². The lowest BCUT2D eigenvalue weighted by Crippen LogP contribution is -2.57. The third-order valence-electron chi connectivity index (χ3n) is 6.39. The maximum absolute atomic E-state index is 12.3. The first-order chi connectivity index (χ1) is 15.2. The largest absolute Gasteiger partial charge is 0.347 e. The predicted molar refractivity (Wildman–Crippen MR) is 126 cm³/mol. The highest BCUT2D eigenvalue weighted by Gasteiger charge is 2.36. The van der Waals surface area contributed by atoms with Crippen molar-refractivity contribution in [2.75, 3.05) is 38.5 Å². The summed E-state index contributed by atoms with van der Waals surface area (Å²) in [4.78, 5) is 21.8. The van der Waals surface area contributed by atoms with Crippen LogP contribution in [0.5, 0.6) is 0 Å². The average Bonchev–Trinajstić information content (AvgIpc) is 2.81. The minimum atomic E-state index is -0.0612. The van der Waals surface area contributed by atoms with Crippen LogP contribution in [-0.2, 0) is 11.3 Å². The van der Waals surface area contributed by atoms with Crippen LogP contribution in [0.15, 0.2) is 65.7 Å². The molecule has 2 atom stereocenters. The lowest BCUT2D eigenvalue weighted by Gasteiger charge is -2.48. The highest BCUT2D eigenvalue weighted by Crippen LogP contribution is 2.31. The Hall–Kier alpha value is -2.86. The third-order valence-corrected chi connectivity index (χ3v) is 6.39. The van der Waals surface area contributed by atoms with E-state index in [-0.39, 0.29) is 12.5 Å². The van der Waals surface area contributed by atoms with Gasteiger partial charge in [0, 0.05) is 38.4 Å². The number of fused-ring (bicyclic) bond motifs is 1. The van der Waals surface area contributed by atoms with Gasteiger partial charge in [0.05, 0.1) is 6.54 Å². The Kier molecular flexibility index (Phi) is 7.20. The van der Waals surface area contributed by atoms with Gasteiger partial charge in [0.15, 0.2) is 5.96 Å². The van der Waals surface area contributed by atoms with Gasteiger partial charge in [-0.05, 0) is 49.4 Å². The average molecular weight is 420 g/mol. The molecule has 2 aromatic rings. The molecule has 0 bridgehead atoms. The molecule has 2 unspecified atom stereocenters. The maximum Gasteiger partial charge on any atom is 0.243 e. The number of hydrogen-bond acceptors (Lipinski definition) is 3. The van der Waals surface area contributed by atoms with Gasteiger partial charge in [0.25, 0.3) is 0 Å². The Morgan fingerprint density at radius 3 is 2.52 bits per heavy atom. The fourth-order valence-electron chi connectivity index (χ4n) is 4.93. The van der Waals surface area contributed by atoms with Crippen LogP contribution in [0.2, 0.25) is 0 Å². The first-order valence-corrected chi connectivity index (χ1v) is 11.3. The molecule has 2 saturated heterocycles. The molecule has 2 N–H and O–H groups in total. The molecule has 2 aromatic carbocycles. The number of piperidine rings is 2. The van der Waals surface area contributed by atoms with Gasteiger partial charge in [-0.25, -0.2) is 0 Å². The first kappa shape index (κ1) is 21.4. The van der Waals surface area contributed by atoms with Gasteiger partial charge in [0.2, 0.25) is 5.91 Å². The summed E-state index contributed by atoms with van der Waals surface area (Å²) >= 11 is 0. The number of anilines is 1. The summed E-state index contributed by atoms with van der Waals surface area (Å²) in [7, 11) is 1.80. The van der Waals surface area contributed by atoms with Crippen LogP contribution in [0.4, 0.5) is 5.69 Å². The van der Waals surface area contributed by atoms with Gasteiger partial charge >= 0.3 is 0 Å². The van der Waals surface area contributed by atoms with E-state index in [0.29, 0.717) is 12.0 Å². The van der Waals surface area contributed by atoms with Gasteiger partial charge in [-0.15, -0.1) is 0 Å². The number of para-hydroxylation sites is 1. The topological polar surface area (TPSA) is 60.0 Å². The molecule has 0 saturated carbocycles. The van der Waals surface area contributed by atoms with Crippen LogP contribution in [0, 0.1) is 5.92 Å². The molecule has 0 radical (unpaired) electrons. The van der Waals surface area contributed by atoms with Crippen molar-refractivity contribution in [1.82, 2.24) is 15.1 Å². The number of benzene rings is 2. The number of nitrogens with zero attached hydrogens (tertiary/aromatic N) is 3. The molecule has 0 aliphatic carbocycles. The summed E-state index contributed by atoms with van der Waals surface area (Å²) < 4.78 is 0. The summed E-state index contributed by atoms with van der Waals surface area (Å²) in [5.41, 5.74) is 2.21. The van der Waals surface area contributed by atoms with Crippen LogP contribution in [0.1, 0.15) is 24.8 Å². The Morgan fingerprint density at radius 1 is 1.03 bits per heavy atom. The molecule has 0 aromatic heterocycles. The van der Waals surface area contributed by atoms with E-state index in [1.807, 2.05) is 30.3 Å². The zero-order valence-corrected chi connectivity index (χ0v) is 18.3. The molecule has 31 heavy (non-hydrogen) atoms. The number of carbonyl (C=O) groups is 1. The second kappa shape index (κ2) is 10.4. The fraction of sp³-hybridized carbons (Fsp3) is 0.440. The van der Waals surface area contributed by atoms with Gasteiger partial charge in [-0.1, -0.05) is 48.5 Å². The number of guanidine groups is 1. The Labute approximate surface area is 185 Å². The van der Waals surface area contributed by atoms with Gasteiger partial charge in [-0.3, -0.25) is 14.7 Å². The minimum Gasteiger partial charge on any atom is -0.347 e. The van der Waals surface area contributed by atoms with E-state index in [9.17, 15) is 4.79 Å². The summed E-state index contributed by atoms with van der Waals surface area (Å²) in [5, 5.41) is 6.17. The molecule has 0 spiro atoms. The molecule has 1 amide bonds. The zero-order chi connectivity index (χ0) is 21.5. The molecular formula is C25H33N5O. The van der Waals surface area contributed by atoms with E-state index in [1.165, 1.54) is 24.9 Å². The Bertz CT molecular complexity index is 870. The highest BCUT2D eigenvalue weighted by atomic mass is 16.1. The molecule has 2 fully saturated rings. The van der Waals surface area contributed by atoms with Crippen molar-refractivity contribution in [2.45, 2.75) is 31.8 Å². The molecule has 2 heterocycles. The third kappa shape index (κ3) is 5.64. The Balaban J connectivity index is 1.30. The zero-order valence-electron chi connectivity index (χ0n) is 18.3. The van der Waals surface area contributed by atoms with E-state index in [1.54, 1.807) is 7.05 Å². The van der Waals surface area contributed by atoms with Crippen LogP contribution < -0.4 is 10.6 Å². The fourth-order valence-corrected chi connectivity index (χ4v) is 4.93. The van der Waals surface area contributed by atoms with Crippen LogP contribution in [-0.4, -0.2) is 60.9 Å². The van der Waals surface area contributed by atoms with E-state index < -0.39 is 0 Å². The highest BCUT2D eigenvalue weighted by molar-refractivity contribution is 5.95. The van der Waals surface area contributed by atoms with Crippen LogP contribution in [0.3, 0.4) is 0 Å². The van der Waals surface area contributed by atoms with E-state index in [0.717, 1.165) is 37.7 Å². The number of hydrogen-bond donors (Lipinski definition) is 2. The molecule has 4 rings (SSSR count). The van der Waals surface area contributed by atoms with Gasteiger partial charge in [-0.2, -0.15) is 0 Å². The summed E-state index contributed by atoms with van der Waals surface area (Å²) in [6.07, 6.45) is 3.64. The quantitative estimate of drug-likeness (QED) is 0.577. The normalized spacial score (nSPS) is 22.0.